The van der Waals surface area contributed by atoms with E-state index in [1.165, 1.54) is 12.0 Å². The lowest BCUT2D eigenvalue weighted by molar-refractivity contribution is -0.141. The third kappa shape index (κ3) is 4.33. The highest BCUT2D eigenvalue weighted by Crippen LogP contribution is 2.11. The number of carbonyl (C=O) groups excluding carboxylic acids is 1. The molecule has 3 nitrogen and oxygen atoms in total. The maximum Gasteiger partial charge on any atom is 0.307 e. The van der Waals surface area contributed by atoms with Crippen LogP contribution in [0, 0.1) is 0 Å². The van der Waals surface area contributed by atoms with Crippen LogP contribution in [-0.4, -0.2) is 37.6 Å². The molecule has 0 aliphatic carbocycles. The number of hydrogen-bond donors (Lipinski definition) is 0. The summed E-state index contributed by atoms with van der Waals surface area (Å²) < 4.78 is 4.66. The highest BCUT2D eigenvalue weighted by atomic mass is 32.1. The van der Waals surface area contributed by atoms with Gasteiger partial charge in [0.15, 0.2) is 0 Å². The molecule has 0 aromatic carbocycles. The fourth-order valence-corrected chi connectivity index (χ4v) is 2.14. The highest BCUT2D eigenvalue weighted by Gasteiger charge is 2.13. The second-order valence-electron chi connectivity index (χ2n) is 3.94. The number of ether oxygens (including phenoxy) is 1. The number of hydrogen-bond acceptors (Lipinski definition) is 4. The van der Waals surface area contributed by atoms with Crippen LogP contribution in [0.5, 0.6) is 0 Å². The van der Waals surface area contributed by atoms with Crippen molar-refractivity contribution in [1.82, 2.24) is 4.90 Å². The van der Waals surface area contributed by atoms with E-state index in [2.05, 4.69) is 27.1 Å². The molecule has 90 valence electrons. The predicted molar refractivity (Wildman–Crippen MR) is 66.7 cm³/mol. The summed E-state index contributed by atoms with van der Waals surface area (Å²) in [6.07, 6.45) is 1.50. The van der Waals surface area contributed by atoms with E-state index in [1.54, 1.807) is 11.3 Å². The van der Waals surface area contributed by atoms with Crippen LogP contribution in [0.15, 0.2) is 17.5 Å². The van der Waals surface area contributed by atoms with Gasteiger partial charge in [-0.2, -0.15) is 0 Å². The molecule has 1 rings (SSSR count). The highest BCUT2D eigenvalue weighted by molar-refractivity contribution is 7.09. The molecule has 0 N–H and O–H groups in total. The molecule has 0 aliphatic heterocycles. The molecule has 1 aromatic heterocycles. The van der Waals surface area contributed by atoms with Gasteiger partial charge in [0.1, 0.15) is 0 Å². The molecule has 16 heavy (non-hydrogen) atoms. The zero-order valence-electron chi connectivity index (χ0n) is 10.1. The van der Waals surface area contributed by atoms with Crippen molar-refractivity contribution in [1.29, 1.82) is 0 Å². The van der Waals surface area contributed by atoms with Crippen LogP contribution in [0.3, 0.4) is 0 Å². The molecule has 0 fully saturated rings. The average Bonchev–Trinajstić information content (AvgIpc) is 2.78. The fraction of sp³-hybridized carbons (Fsp3) is 0.583. The molecule has 0 amide bonds. The summed E-state index contributed by atoms with van der Waals surface area (Å²) in [6, 6.07) is 4.44. The van der Waals surface area contributed by atoms with Crippen molar-refractivity contribution in [2.24, 2.45) is 0 Å². The molecule has 0 radical (unpaired) electrons. The lowest BCUT2D eigenvalue weighted by Crippen LogP contribution is -2.33. The third-order valence-corrected chi connectivity index (χ3v) is 3.67. The molecule has 1 atom stereocenters. The maximum atomic E-state index is 11.1. The first-order valence-electron chi connectivity index (χ1n) is 5.43. The number of thiophene rings is 1. The quantitative estimate of drug-likeness (QED) is 0.715. The number of carbonyl (C=O) groups is 1. The Hall–Kier alpha value is -0.870. The van der Waals surface area contributed by atoms with Gasteiger partial charge in [0.25, 0.3) is 0 Å². The number of esters is 1. The van der Waals surface area contributed by atoms with Crippen molar-refractivity contribution in [3.63, 3.8) is 0 Å². The van der Waals surface area contributed by atoms with Gasteiger partial charge >= 0.3 is 5.97 Å². The molecule has 0 bridgehead atoms. The molecule has 1 aromatic rings. The van der Waals surface area contributed by atoms with Gasteiger partial charge < -0.3 is 9.64 Å². The van der Waals surface area contributed by atoms with E-state index in [0.717, 1.165) is 13.0 Å². The Kier molecular flexibility index (Phi) is 5.49. The summed E-state index contributed by atoms with van der Waals surface area (Å²) in [5.74, 6) is -0.143. The summed E-state index contributed by atoms with van der Waals surface area (Å²) in [5.41, 5.74) is 0. The molecule has 4 heteroatoms. The van der Waals surface area contributed by atoms with E-state index in [4.69, 9.17) is 0 Å². The lowest BCUT2D eigenvalue weighted by Gasteiger charge is -2.23. The topological polar surface area (TPSA) is 29.5 Å². The monoisotopic (exact) mass is 241 g/mol. The van der Waals surface area contributed by atoms with Crippen LogP contribution in [0.4, 0.5) is 0 Å². The minimum atomic E-state index is -0.143. The van der Waals surface area contributed by atoms with Crippen LogP contribution in [0.25, 0.3) is 0 Å². The largest absolute Gasteiger partial charge is 0.469 e. The molecular weight excluding hydrogens is 222 g/mol. The van der Waals surface area contributed by atoms with Crippen LogP contribution < -0.4 is 0 Å². The van der Waals surface area contributed by atoms with Crippen LogP contribution >= 0.6 is 11.3 Å². The summed E-state index contributed by atoms with van der Waals surface area (Å²) in [5, 5.41) is 2.09. The molecule has 0 saturated heterocycles. The van der Waals surface area contributed by atoms with E-state index in [1.807, 2.05) is 14.0 Å². The fourth-order valence-electron chi connectivity index (χ4n) is 1.44. The van der Waals surface area contributed by atoms with Crippen molar-refractivity contribution in [3.8, 4) is 0 Å². The van der Waals surface area contributed by atoms with E-state index >= 15 is 0 Å². The minimum absolute atomic E-state index is 0.143. The Morgan fingerprint density at radius 1 is 1.62 bits per heavy atom. The van der Waals surface area contributed by atoms with Crippen molar-refractivity contribution < 1.29 is 9.53 Å². The van der Waals surface area contributed by atoms with Gasteiger partial charge in [0.05, 0.1) is 13.5 Å². The van der Waals surface area contributed by atoms with Gasteiger partial charge in [-0.05, 0) is 31.8 Å². The van der Waals surface area contributed by atoms with Crippen LogP contribution in [-0.2, 0) is 16.0 Å². The van der Waals surface area contributed by atoms with Crippen molar-refractivity contribution in [3.05, 3.63) is 22.4 Å². The average molecular weight is 241 g/mol. The Morgan fingerprint density at radius 2 is 2.38 bits per heavy atom. The first-order chi connectivity index (χ1) is 7.63. The summed E-state index contributed by atoms with van der Waals surface area (Å²) in [6.45, 7) is 3.02. The first kappa shape index (κ1) is 13.2. The number of likely N-dealkylation sites (N-methyl/N-ethyl adjacent to an activating group) is 1. The van der Waals surface area contributed by atoms with Gasteiger partial charge in [0.2, 0.25) is 0 Å². The normalized spacial score (nSPS) is 12.8. The van der Waals surface area contributed by atoms with Crippen molar-refractivity contribution in [2.45, 2.75) is 25.8 Å². The van der Waals surface area contributed by atoms with Crippen molar-refractivity contribution >= 4 is 17.3 Å². The Balaban J connectivity index is 2.28. The molecule has 0 saturated carbocycles. The minimum Gasteiger partial charge on any atom is -0.469 e. The van der Waals surface area contributed by atoms with Gasteiger partial charge in [-0.25, -0.2) is 0 Å². The van der Waals surface area contributed by atoms with Gasteiger partial charge in [-0.3, -0.25) is 4.79 Å². The second-order valence-corrected chi connectivity index (χ2v) is 4.97. The summed E-state index contributed by atoms with van der Waals surface area (Å²) >= 11 is 1.78. The molecule has 1 unspecified atom stereocenters. The molecule has 0 spiro atoms. The standard InChI is InChI=1S/C12H19NO2S/c1-10(9-12(14)15-3)13(2)7-6-11-5-4-8-16-11/h4-5,8,10H,6-7,9H2,1-3H3. The maximum absolute atomic E-state index is 11.1. The first-order valence-corrected chi connectivity index (χ1v) is 6.31. The molecular formula is C12H19NO2S. The summed E-state index contributed by atoms with van der Waals surface area (Å²) in [4.78, 5) is 14.7. The van der Waals surface area contributed by atoms with E-state index in [-0.39, 0.29) is 12.0 Å². The molecule has 0 aliphatic rings. The van der Waals surface area contributed by atoms with Crippen molar-refractivity contribution in [2.75, 3.05) is 20.7 Å². The van der Waals surface area contributed by atoms with E-state index in [9.17, 15) is 4.79 Å². The van der Waals surface area contributed by atoms with Gasteiger partial charge in [-0.15, -0.1) is 11.3 Å². The van der Waals surface area contributed by atoms with E-state index < -0.39 is 0 Å². The number of methoxy groups -OCH3 is 1. The molecule has 1 heterocycles. The van der Waals surface area contributed by atoms with E-state index in [0.29, 0.717) is 6.42 Å². The van der Waals surface area contributed by atoms with Crippen LogP contribution in [0.2, 0.25) is 0 Å². The summed E-state index contributed by atoms with van der Waals surface area (Å²) in [7, 11) is 3.47. The zero-order chi connectivity index (χ0) is 12.0. The Labute approximate surface area is 101 Å². The zero-order valence-corrected chi connectivity index (χ0v) is 10.9. The number of rotatable bonds is 6. The third-order valence-electron chi connectivity index (χ3n) is 2.73. The smallest absolute Gasteiger partial charge is 0.307 e. The van der Waals surface area contributed by atoms with Gasteiger partial charge in [0, 0.05) is 17.5 Å². The second kappa shape index (κ2) is 6.66. The predicted octanol–water partition coefficient (Wildman–Crippen LogP) is 2.17. The number of nitrogens with zero attached hydrogens (tertiary/aromatic N) is 1. The SMILES string of the molecule is COC(=O)CC(C)N(C)CCc1cccs1. The Bertz CT molecular complexity index is 311. The van der Waals surface area contributed by atoms with Gasteiger partial charge in [-0.1, -0.05) is 6.07 Å². The Morgan fingerprint density at radius 3 is 2.94 bits per heavy atom. The lowest BCUT2D eigenvalue weighted by atomic mass is 10.2. The van der Waals surface area contributed by atoms with Crippen LogP contribution in [0.1, 0.15) is 18.2 Å².